The highest BCUT2D eigenvalue weighted by Gasteiger charge is 2.38. The minimum Gasteiger partial charge on any atom is -0.465 e. The van der Waals surface area contributed by atoms with Crippen LogP contribution in [0.1, 0.15) is 40.8 Å². The van der Waals surface area contributed by atoms with Crippen molar-refractivity contribution in [3.05, 3.63) is 51.4 Å². The van der Waals surface area contributed by atoms with E-state index in [1.54, 1.807) is 6.92 Å². The summed E-state index contributed by atoms with van der Waals surface area (Å²) < 4.78 is 34.1. The first-order valence-corrected chi connectivity index (χ1v) is 9.85. The lowest BCUT2D eigenvalue weighted by atomic mass is 9.98. The van der Waals surface area contributed by atoms with Crippen LogP contribution in [-0.2, 0) is 16.0 Å². The van der Waals surface area contributed by atoms with Crippen LogP contribution in [0, 0.1) is 11.6 Å². The molecule has 8 heteroatoms. The van der Waals surface area contributed by atoms with Gasteiger partial charge in [0.25, 0.3) is 0 Å². The zero-order valence-electron chi connectivity index (χ0n) is 14.5. The second kappa shape index (κ2) is 7.09. The van der Waals surface area contributed by atoms with Crippen molar-refractivity contribution in [1.29, 1.82) is 0 Å². The normalized spacial score (nSPS) is 18.3. The van der Waals surface area contributed by atoms with Gasteiger partial charge in [-0.3, -0.25) is 9.79 Å². The van der Waals surface area contributed by atoms with E-state index in [2.05, 4.69) is 10.3 Å². The number of anilines is 1. The first-order chi connectivity index (χ1) is 13.0. The van der Waals surface area contributed by atoms with Crippen molar-refractivity contribution in [1.82, 2.24) is 0 Å². The summed E-state index contributed by atoms with van der Waals surface area (Å²) in [6.07, 6.45) is 1.24. The van der Waals surface area contributed by atoms with Crippen LogP contribution >= 0.6 is 23.6 Å². The van der Waals surface area contributed by atoms with Gasteiger partial charge in [-0.25, -0.2) is 8.78 Å². The van der Waals surface area contributed by atoms with E-state index in [1.807, 2.05) is 0 Å². The largest absolute Gasteiger partial charge is 0.465 e. The molecule has 1 aliphatic heterocycles. The lowest BCUT2D eigenvalue weighted by Gasteiger charge is -2.10. The van der Waals surface area contributed by atoms with Gasteiger partial charge in [0, 0.05) is 10.4 Å². The summed E-state index contributed by atoms with van der Waals surface area (Å²) in [6.45, 7) is 2.23. The van der Waals surface area contributed by atoms with E-state index in [-0.39, 0.29) is 29.7 Å². The lowest BCUT2D eigenvalue weighted by molar-refractivity contribution is -0.144. The summed E-state index contributed by atoms with van der Waals surface area (Å²) in [7, 11) is 0. The molecule has 0 saturated heterocycles. The first kappa shape index (κ1) is 18.2. The fourth-order valence-electron chi connectivity index (χ4n) is 3.56. The van der Waals surface area contributed by atoms with Crippen molar-refractivity contribution in [2.45, 2.75) is 25.7 Å². The zero-order valence-corrected chi connectivity index (χ0v) is 16.1. The minimum absolute atomic E-state index is 0.149. The molecular weight excluding hydrogens is 390 g/mol. The van der Waals surface area contributed by atoms with Gasteiger partial charge in [-0.1, -0.05) is 18.3 Å². The average molecular weight is 406 g/mol. The average Bonchev–Trinajstić information content (AvgIpc) is 3.12. The van der Waals surface area contributed by atoms with Gasteiger partial charge in [0.05, 0.1) is 30.3 Å². The fourth-order valence-corrected chi connectivity index (χ4v) is 5.19. The molecule has 0 fully saturated rings. The number of nitrogens with one attached hydrogen (secondary N) is 1. The summed E-state index contributed by atoms with van der Waals surface area (Å²) in [5.41, 5.74) is 1.62. The highest BCUT2D eigenvalue weighted by atomic mass is 32.1. The van der Waals surface area contributed by atoms with Crippen LogP contribution in [0.3, 0.4) is 0 Å². The van der Waals surface area contributed by atoms with Crippen LogP contribution in [0.25, 0.3) is 0 Å². The third-order valence-corrected chi connectivity index (χ3v) is 6.17. The number of nitrogens with zero attached hydrogens (tertiary/aromatic N) is 1. The zero-order chi connectivity index (χ0) is 19.1. The topological polar surface area (TPSA) is 50.7 Å². The number of thiocarbonyl (C=S) groups is 1. The molecule has 1 atom stereocenters. The summed E-state index contributed by atoms with van der Waals surface area (Å²) in [4.78, 5) is 18.0. The number of hydrogen-bond donors (Lipinski definition) is 1. The second-order valence-corrected chi connectivity index (χ2v) is 7.85. The maximum atomic E-state index is 14.5. The van der Waals surface area contributed by atoms with Gasteiger partial charge in [0.2, 0.25) is 0 Å². The SMILES string of the molecule is CCOC(=O)C1CCc2c1sc1c2C(c2c(F)cccc2F)=NCC(=S)N1. The maximum absolute atomic E-state index is 14.5. The fraction of sp³-hybridized carbons (Fsp3) is 0.316. The van der Waals surface area contributed by atoms with Crippen molar-refractivity contribution >= 4 is 45.2 Å². The van der Waals surface area contributed by atoms with E-state index >= 15 is 0 Å². The predicted molar refractivity (Wildman–Crippen MR) is 105 cm³/mol. The number of rotatable bonds is 3. The van der Waals surface area contributed by atoms with E-state index in [4.69, 9.17) is 17.0 Å². The summed E-state index contributed by atoms with van der Waals surface area (Å²) >= 11 is 6.66. The van der Waals surface area contributed by atoms with Crippen molar-refractivity contribution in [2.24, 2.45) is 4.99 Å². The Morgan fingerprint density at radius 3 is 2.81 bits per heavy atom. The Kier molecular flexibility index (Phi) is 4.77. The van der Waals surface area contributed by atoms with Gasteiger partial charge in [-0.05, 0) is 37.5 Å². The Hall–Kier alpha value is -2.19. The Bertz CT molecular complexity index is 964. The van der Waals surface area contributed by atoms with Crippen molar-refractivity contribution < 1.29 is 18.3 Å². The predicted octanol–water partition coefficient (Wildman–Crippen LogP) is 4.21. The number of ether oxygens (including phenoxy) is 1. The molecule has 0 spiro atoms. The lowest BCUT2D eigenvalue weighted by Crippen LogP contribution is -2.13. The molecule has 1 aromatic heterocycles. The number of hydrogen-bond acceptors (Lipinski definition) is 5. The number of benzene rings is 1. The molecule has 2 aromatic rings. The third-order valence-electron chi connectivity index (χ3n) is 4.68. The van der Waals surface area contributed by atoms with Crippen LogP contribution in [0.4, 0.5) is 13.8 Å². The molecule has 2 aliphatic rings. The van der Waals surface area contributed by atoms with Gasteiger partial charge in [-0.2, -0.15) is 0 Å². The van der Waals surface area contributed by atoms with Gasteiger partial charge in [-0.15, -0.1) is 11.3 Å². The first-order valence-electron chi connectivity index (χ1n) is 8.62. The standard InChI is InChI=1S/C19H16F2N2O2S2/c1-2-25-19(24)10-7-6-9-14-16(15-11(20)4-3-5-12(15)21)22-8-13(26)23-18(14)27-17(9)10/h3-5,10H,2,6-8H2,1H3,(H,23,26). The molecular formula is C19H16F2N2O2S2. The molecule has 0 amide bonds. The Labute approximate surface area is 164 Å². The summed E-state index contributed by atoms with van der Waals surface area (Å²) in [5, 5.41) is 3.80. The van der Waals surface area contributed by atoms with Gasteiger partial charge in [0.1, 0.15) is 21.6 Å². The van der Waals surface area contributed by atoms with Crippen LogP contribution in [0.2, 0.25) is 0 Å². The molecule has 1 aromatic carbocycles. The molecule has 1 aliphatic carbocycles. The summed E-state index contributed by atoms with van der Waals surface area (Å²) in [5.74, 6) is -1.98. The quantitative estimate of drug-likeness (QED) is 0.613. The van der Waals surface area contributed by atoms with Crippen LogP contribution in [0.5, 0.6) is 0 Å². The molecule has 140 valence electrons. The van der Waals surface area contributed by atoms with E-state index in [9.17, 15) is 13.6 Å². The summed E-state index contributed by atoms with van der Waals surface area (Å²) in [6, 6.07) is 3.75. The molecule has 4 rings (SSSR count). The van der Waals surface area contributed by atoms with Gasteiger partial charge in [0.15, 0.2) is 0 Å². The maximum Gasteiger partial charge on any atom is 0.314 e. The Balaban J connectivity index is 1.88. The van der Waals surface area contributed by atoms with Crippen molar-refractivity contribution in [2.75, 3.05) is 18.5 Å². The second-order valence-electron chi connectivity index (χ2n) is 6.30. The number of carbonyl (C=O) groups is 1. The number of fused-ring (bicyclic) bond motifs is 3. The molecule has 0 radical (unpaired) electrons. The molecule has 0 saturated carbocycles. The smallest absolute Gasteiger partial charge is 0.314 e. The highest BCUT2D eigenvalue weighted by molar-refractivity contribution is 7.80. The molecule has 1 N–H and O–H groups in total. The molecule has 1 unspecified atom stereocenters. The Morgan fingerprint density at radius 2 is 2.11 bits per heavy atom. The molecule has 27 heavy (non-hydrogen) atoms. The van der Waals surface area contributed by atoms with E-state index in [0.29, 0.717) is 35.0 Å². The monoisotopic (exact) mass is 406 g/mol. The van der Waals surface area contributed by atoms with E-state index in [0.717, 1.165) is 10.4 Å². The van der Waals surface area contributed by atoms with Crippen LogP contribution in [-0.4, -0.2) is 29.8 Å². The number of carbonyl (C=O) groups excluding carboxylic acids is 1. The minimum atomic E-state index is -0.674. The van der Waals surface area contributed by atoms with Gasteiger partial charge >= 0.3 is 5.97 Å². The van der Waals surface area contributed by atoms with Crippen molar-refractivity contribution in [3.63, 3.8) is 0 Å². The molecule has 4 nitrogen and oxygen atoms in total. The number of halogens is 2. The number of thiophene rings is 1. The number of esters is 1. The van der Waals surface area contributed by atoms with Crippen LogP contribution < -0.4 is 5.32 Å². The van der Waals surface area contributed by atoms with Crippen molar-refractivity contribution in [3.8, 4) is 0 Å². The number of aliphatic imine (C=N–C) groups is 1. The molecule has 2 heterocycles. The van der Waals surface area contributed by atoms with Crippen LogP contribution in [0.15, 0.2) is 23.2 Å². The Morgan fingerprint density at radius 1 is 1.37 bits per heavy atom. The highest BCUT2D eigenvalue weighted by Crippen LogP contribution is 2.47. The van der Waals surface area contributed by atoms with Gasteiger partial charge < -0.3 is 10.1 Å². The van der Waals surface area contributed by atoms with E-state index in [1.165, 1.54) is 29.5 Å². The third kappa shape index (κ3) is 3.06. The molecule has 0 bridgehead atoms. The van der Waals surface area contributed by atoms with E-state index < -0.39 is 11.6 Å².